The number of benzene rings is 1. The summed E-state index contributed by atoms with van der Waals surface area (Å²) in [4.78, 5) is 7.46. The van der Waals surface area contributed by atoms with Gasteiger partial charge in [0.15, 0.2) is 11.5 Å². The second kappa shape index (κ2) is 6.58. The van der Waals surface area contributed by atoms with Gasteiger partial charge in [0.25, 0.3) is 0 Å². The Morgan fingerprint density at radius 1 is 1.14 bits per heavy atom. The van der Waals surface area contributed by atoms with Crippen LogP contribution in [0, 0.1) is 0 Å². The van der Waals surface area contributed by atoms with Gasteiger partial charge in [-0.3, -0.25) is 9.30 Å². The van der Waals surface area contributed by atoms with E-state index in [0.29, 0.717) is 18.1 Å². The van der Waals surface area contributed by atoms with Gasteiger partial charge in [0.05, 0.1) is 5.52 Å². The molecule has 3 atom stereocenters. The topological polar surface area (TPSA) is 58.4 Å². The van der Waals surface area contributed by atoms with Crippen molar-refractivity contribution in [1.29, 1.82) is 0 Å². The largest absolute Gasteiger partial charge is 0.311 e. The highest BCUT2D eigenvalue weighted by Crippen LogP contribution is 2.33. The third-order valence-corrected chi connectivity index (χ3v) is 6.88. The molecule has 4 aromatic rings. The number of nitrogens with zero attached hydrogens (tertiary/aromatic N) is 5. The minimum absolute atomic E-state index is 0.368. The zero-order valence-electron chi connectivity index (χ0n) is 16.1. The van der Waals surface area contributed by atoms with Crippen LogP contribution >= 0.6 is 15.9 Å². The van der Waals surface area contributed by atoms with Gasteiger partial charge in [0.1, 0.15) is 5.69 Å². The van der Waals surface area contributed by atoms with Crippen molar-refractivity contribution in [3.05, 3.63) is 58.7 Å². The quantitative estimate of drug-likeness (QED) is 0.516. The van der Waals surface area contributed by atoms with Gasteiger partial charge in [-0.15, -0.1) is 10.2 Å². The van der Waals surface area contributed by atoms with Gasteiger partial charge >= 0.3 is 0 Å². The first-order chi connectivity index (χ1) is 14.2. The van der Waals surface area contributed by atoms with Crippen LogP contribution in [0.25, 0.3) is 28.1 Å². The Morgan fingerprint density at radius 2 is 2.03 bits per heavy atom. The molecule has 5 heterocycles. The summed E-state index contributed by atoms with van der Waals surface area (Å²) in [7, 11) is 0. The number of aromatic nitrogens is 4. The summed E-state index contributed by atoms with van der Waals surface area (Å²) < 4.78 is 3.09. The zero-order valence-corrected chi connectivity index (χ0v) is 17.7. The average Bonchev–Trinajstić information content (AvgIpc) is 3.47. The van der Waals surface area contributed by atoms with Crippen LogP contribution in [0.1, 0.15) is 24.9 Å². The number of nitrogens with one attached hydrogen (secondary N) is 1. The van der Waals surface area contributed by atoms with Crippen molar-refractivity contribution in [2.75, 3.05) is 13.1 Å². The van der Waals surface area contributed by atoms with E-state index >= 15 is 0 Å². The van der Waals surface area contributed by atoms with Crippen molar-refractivity contribution < 1.29 is 0 Å². The van der Waals surface area contributed by atoms with E-state index in [4.69, 9.17) is 4.98 Å². The Balaban J connectivity index is 1.41. The number of rotatable bonds is 3. The Labute approximate surface area is 177 Å². The van der Waals surface area contributed by atoms with Gasteiger partial charge in [0, 0.05) is 47.3 Å². The number of fused-ring (bicyclic) bond motifs is 4. The van der Waals surface area contributed by atoms with Crippen LogP contribution in [0.3, 0.4) is 0 Å². The van der Waals surface area contributed by atoms with E-state index in [9.17, 15) is 0 Å². The molecule has 0 saturated carbocycles. The molecule has 29 heavy (non-hydrogen) atoms. The third kappa shape index (κ3) is 2.87. The maximum absolute atomic E-state index is 4.84. The van der Waals surface area contributed by atoms with Crippen LogP contribution in [0.2, 0.25) is 0 Å². The van der Waals surface area contributed by atoms with E-state index < -0.39 is 0 Å². The summed E-state index contributed by atoms with van der Waals surface area (Å²) >= 11 is 3.53. The molecule has 2 bridgehead atoms. The number of hydrogen-bond donors (Lipinski definition) is 1. The van der Waals surface area contributed by atoms with Crippen molar-refractivity contribution in [2.24, 2.45) is 0 Å². The molecule has 1 aromatic carbocycles. The fraction of sp³-hybridized carbons (Fsp3) is 0.318. The van der Waals surface area contributed by atoms with Gasteiger partial charge in [-0.2, -0.15) is 0 Å². The lowest BCUT2D eigenvalue weighted by molar-refractivity contribution is 0.170. The smallest absolute Gasteiger partial charge is 0.187 e. The van der Waals surface area contributed by atoms with E-state index in [1.165, 1.54) is 12.0 Å². The number of piperazine rings is 1. The molecule has 7 heteroatoms. The van der Waals surface area contributed by atoms with Gasteiger partial charge in [0.2, 0.25) is 0 Å². The molecule has 6 nitrogen and oxygen atoms in total. The minimum atomic E-state index is 0.368. The summed E-state index contributed by atoms with van der Waals surface area (Å²) in [5.41, 5.74) is 3.91. The molecular formula is C22H21BrN6. The second-order valence-electron chi connectivity index (χ2n) is 8.12. The number of pyridine rings is 2. The highest BCUT2D eigenvalue weighted by Gasteiger charge is 2.40. The monoisotopic (exact) mass is 448 g/mol. The molecule has 0 spiro atoms. The van der Waals surface area contributed by atoms with E-state index in [-0.39, 0.29) is 0 Å². The summed E-state index contributed by atoms with van der Waals surface area (Å²) in [5, 5.41) is 13.5. The van der Waals surface area contributed by atoms with Crippen LogP contribution in [0.15, 0.2) is 53.1 Å². The minimum Gasteiger partial charge on any atom is -0.311 e. The maximum atomic E-state index is 4.84. The number of hydrogen-bond acceptors (Lipinski definition) is 5. The zero-order chi connectivity index (χ0) is 19.5. The summed E-state index contributed by atoms with van der Waals surface area (Å²) in [6, 6.07) is 16.2. The molecule has 146 valence electrons. The first kappa shape index (κ1) is 17.5. The fourth-order valence-electron chi connectivity index (χ4n) is 4.80. The molecule has 6 rings (SSSR count). The Bertz CT molecular complexity index is 1230. The molecule has 2 aliphatic rings. The molecule has 2 saturated heterocycles. The second-order valence-corrected chi connectivity index (χ2v) is 9.03. The van der Waals surface area contributed by atoms with Gasteiger partial charge in [-0.1, -0.05) is 34.1 Å². The lowest BCUT2D eigenvalue weighted by Gasteiger charge is -2.33. The van der Waals surface area contributed by atoms with Crippen LogP contribution in [-0.2, 0) is 0 Å². The molecule has 2 aliphatic heterocycles. The van der Waals surface area contributed by atoms with Gasteiger partial charge in [-0.05, 0) is 43.2 Å². The van der Waals surface area contributed by atoms with Crippen molar-refractivity contribution >= 4 is 32.5 Å². The first-order valence-corrected chi connectivity index (χ1v) is 10.9. The summed E-state index contributed by atoms with van der Waals surface area (Å²) in [6.07, 6.45) is 3.45. The fourth-order valence-corrected chi connectivity index (χ4v) is 5.15. The van der Waals surface area contributed by atoms with E-state index in [1.54, 1.807) is 0 Å². The normalized spacial score (nSPS) is 22.7. The van der Waals surface area contributed by atoms with Crippen LogP contribution < -0.4 is 5.32 Å². The maximum Gasteiger partial charge on any atom is 0.187 e. The van der Waals surface area contributed by atoms with Gasteiger partial charge < -0.3 is 5.32 Å². The Hall–Kier alpha value is -2.35. The molecule has 0 aliphatic carbocycles. The summed E-state index contributed by atoms with van der Waals surface area (Å²) in [5.74, 6) is 0.778. The molecule has 3 aromatic heterocycles. The lowest BCUT2D eigenvalue weighted by atomic mass is 10.1. The average molecular weight is 449 g/mol. The molecule has 0 amide bonds. The Kier molecular flexibility index (Phi) is 3.97. The molecule has 1 N–H and O–H groups in total. The molecule has 0 radical (unpaired) electrons. The van der Waals surface area contributed by atoms with Crippen molar-refractivity contribution in [1.82, 2.24) is 29.8 Å². The van der Waals surface area contributed by atoms with Crippen LogP contribution in [-0.4, -0.2) is 49.7 Å². The Morgan fingerprint density at radius 3 is 2.86 bits per heavy atom. The highest BCUT2D eigenvalue weighted by molar-refractivity contribution is 9.10. The van der Waals surface area contributed by atoms with Crippen LogP contribution in [0.5, 0.6) is 0 Å². The third-order valence-electron chi connectivity index (χ3n) is 6.39. The number of likely N-dealkylation sites (tertiary alicyclic amines) is 1. The van der Waals surface area contributed by atoms with E-state index in [1.807, 2.05) is 18.2 Å². The van der Waals surface area contributed by atoms with Gasteiger partial charge in [-0.25, -0.2) is 4.98 Å². The number of halogens is 1. The van der Waals surface area contributed by atoms with Crippen molar-refractivity contribution in [3.63, 3.8) is 0 Å². The summed E-state index contributed by atoms with van der Waals surface area (Å²) in [6.45, 7) is 4.53. The van der Waals surface area contributed by atoms with Crippen LogP contribution in [0.4, 0.5) is 0 Å². The predicted molar refractivity (Wildman–Crippen MR) is 117 cm³/mol. The van der Waals surface area contributed by atoms with E-state index in [2.05, 4.69) is 78.1 Å². The van der Waals surface area contributed by atoms with E-state index in [0.717, 1.165) is 45.6 Å². The first-order valence-electron chi connectivity index (χ1n) is 10.1. The SMILES string of the molecule is C[C@@H](c1ccc2nnc(-c3ccc4ccc(Br)cc4n3)n2c1)N1C[C@@H]2C[C@H]1CN2. The van der Waals surface area contributed by atoms with Crippen molar-refractivity contribution in [2.45, 2.75) is 31.5 Å². The van der Waals surface area contributed by atoms with Crippen molar-refractivity contribution in [3.8, 4) is 11.5 Å². The highest BCUT2D eigenvalue weighted by atomic mass is 79.9. The molecule has 2 fully saturated rings. The molecular weight excluding hydrogens is 428 g/mol. The molecule has 0 unspecified atom stereocenters. The predicted octanol–water partition coefficient (Wildman–Crippen LogP) is 3.81. The lowest BCUT2D eigenvalue weighted by Crippen LogP contribution is -2.44. The standard InChI is InChI=1S/C22H21BrN6/c1-13(28-12-17-9-18(28)10-24-17)15-4-7-21-26-27-22(29(21)11-15)19-6-3-14-2-5-16(23)8-20(14)25-19/h2-8,11,13,17-18,24H,9-10,12H2,1H3/t13-,17-,18-/m0/s1.